The molecule has 0 aliphatic carbocycles. The van der Waals surface area contributed by atoms with Crippen LogP contribution in [-0.4, -0.2) is 17.4 Å². The summed E-state index contributed by atoms with van der Waals surface area (Å²) in [6.07, 6.45) is 0. The molecule has 7 nitrogen and oxygen atoms in total. The van der Waals surface area contributed by atoms with E-state index in [1.807, 2.05) is 18.2 Å². The maximum Gasteiger partial charge on any atom is 0.296 e. The standard InChI is InChI=1S/C21H18N2O5/c1-2-27-17-11-12-19(20(14-17)23(25)26)22-21(24)15-7-6-10-18(13-15)28-16-8-4-3-5-9-16/h3-14H,2H2,1H3,(H,22,24). The molecule has 7 heteroatoms. The number of nitrogens with zero attached hydrogens (tertiary/aromatic N) is 1. The number of nitrogens with one attached hydrogen (secondary N) is 1. The van der Waals surface area contributed by atoms with Gasteiger partial charge in [0, 0.05) is 5.56 Å². The summed E-state index contributed by atoms with van der Waals surface area (Å²) >= 11 is 0. The van der Waals surface area contributed by atoms with E-state index in [4.69, 9.17) is 9.47 Å². The minimum Gasteiger partial charge on any atom is -0.494 e. The van der Waals surface area contributed by atoms with Gasteiger partial charge in [-0.15, -0.1) is 0 Å². The molecule has 0 radical (unpaired) electrons. The Balaban J connectivity index is 1.80. The van der Waals surface area contributed by atoms with Crippen molar-refractivity contribution >= 4 is 17.3 Å². The predicted molar refractivity (Wildman–Crippen MR) is 105 cm³/mol. The van der Waals surface area contributed by atoms with Gasteiger partial charge in [-0.05, 0) is 49.4 Å². The predicted octanol–water partition coefficient (Wildman–Crippen LogP) is 5.04. The van der Waals surface area contributed by atoms with Gasteiger partial charge in [0.2, 0.25) is 0 Å². The number of carbonyl (C=O) groups is 1. The SMILES string of the molecule is CCOc1ccc(NC(=O)c2cccc(Oc3ccccc3)c2)c([N+](=O)[O-])c1. The average Bonchev–Trinajstić information content (AvgIpc) is 2.70. The van der Waals surface area contributed by atoms with Crippen LogP contribution in [-0.2, 0) is 0 Å². The van der Waals surface area contributed by atoms with E-state index in [-0.39, 0.29) is 11.4 Å². The van der Waals surface area contributed by atoms with Crippen molar-refractivity contribution in [2.45, 2.75) is 6.92 Å². The zero-order valence-corrected chi connectivity index (χ0v) is 15.1. The van der Waals surface area contributed by atoms with E-state index in [0.717, 1.165) is 0 Å². The third-order valence-corrected chi connectivity index (χ3v) is 3.80. The Kier molecular flexibility index (Phi) is 5.86. The smallest absolute Gasteiger partial charge is 0.296 e. The number of hydrogen-bond donors (Lipinski definition) is 1. The second-order valence-corrected chi connectivity index (χ2v) is 5.77. The molecule has 142 valence electrons. The van der Waals surface area contributed by atoms with E-state index in [9.17, 15) is 14.9 Å². The summed E-state index contributed by atoms with van der Waals surface area (Å²) in [6, 6.07) is 20.1. The van der Waals surface area contributed by atoms with E-state index in [0.29, 0.717) is 29.4 Å². The van der Waals surface area contributed by atoms with E-state index in [1.165, 1.54) is 12.1 Å². The molecule has 0 saturated heterocycles. The van der Waals surface area contributed by atoms with Crippen LogP contribution in [0.15, 0.2) is 72.8 Å². The Morgan fingerprint density at radius 1 is 0.964 bits per heavy atom. The molecule has 0 spiro atoms. The fourth-order valence-corrected chi connectivity index (χ4v) is 2.54. The normalized spacial score (nSPS) is 10.2. The average molecular weight is 378 g/mol. The Hall–Kier alpha value is -3.87. The van der Waals surface area contributed by atoms with Crippen LogP contribution in [0.1, 0.15) is 17.3 Å². The first-order chi connectivity index (χ1) is 13.6. The Labute approximate surface area is 161 Å². The van der Waals surface area contributed by atoms with Crippen LogP contribution in [0.4, 0.5) is 11.4 Å². The van der Waals surface area contributed by atoms with Gasteiger partial charge in [0.25, 0.3) is 11.6 Å². The molecule has 0 atom stereocenters. The number of amides is 1. The van der Waals surface area contributed by atoms with Crippen LogP contribution < -0.4 is 14.8 Å². The van der Waals surface area contributed by atoms with Crippen molar-refractivity contribution in [3.05, 3.63) is 88.5 Å². The molecule has 1 amide bonds. The maximum atomic E-state index is 12.6. The lowest BCUT2D eigenvalue weighted by atomic mass is 10.2. The summed E-state index contributed by atoms with van der Waals surface area (Å²) in [6.45, 7) is 2.17. The number of anilines is 1. The number of rotatable bonds is 7. The van der Waals surface area contributed by atoms with Crippen molar-refractivity contribution in [3.8, 4) is 17.2 Å². The fourth-order valence-electron chi connectivity index (χ4n) is 2.54. The first kappa shape index (κ1) is 18.9. The topological polar surface area (TPSA) is 90.7 Å². The number of para-hydroxylation sites is 1. The second-order valence-electron chi connectivity index (χ2n) is 5.77. The van der Waals surface area contributed by atoms with E-state index < -0.39 is 10.8 Å². The van der Waals surface area contributed by atoms with E-state index in [1.54, 1.807) is 49.4 Å². The van der Waals surface area contributed by atoms with Gasteiger partial charge < -0.3 is 14.8 Å². The molecule has 3 aromatic rings. The van der Waals surface area contributed by atoms with Crippen LogP contribution in [0, 0.1) is 10.1 Å². The maximum absolute atomic E-state index is 12.6. The first-order valence-corrected chi connectivity index (χ1v) is 8.62. The summed E-state index contributed by atoms with van der Waals surface area (Å²) < 4.78 is 11.0. The van der Waals surface area contributed by atoms with Crippen molar-refractivity contribution in [1.29, 1.82) is 0 Å². The number of benzene rings is 3. The molecule has 28 heavy (non-hydrogen) atoms. The number of carbonyl (C=O) groups excluding carboxylic acids is 1. The molecule has 0 fully saturated rings. The monoisotopic (exact) mass is 378 g/mol. The highest BCUT2D eigenvalue weighted by molar-refractivity contribution is 6.05. The third kappa shape index (κ3) is 4.64. The lowest BCUT2D eigenvalue weighted by Crippen LogP contribution is -2.13. The van der Waals surface area contributed by atoms with Gasteiger partial charge in [-0.25, -0.2) is 0 Å². The Bertz CT molecular complexity index is 989. The van der Waals surface area contributed by atoms with Crippen molar-refractivity contribution in [3.63, 3.8) is 0 Å². The Morgan fingerprint density at radius 3 is 2.43 bits per heavy atom. The summed E-state index contributed by atoms with van der Waals surface area (Å²) in [5, 5.41) is 13.9. The number of nitro groups is 1. The summed E-state index contributed by atoms with van der Waals surface area (Å²) in [4.78, 5) is 23.4. The molecule has 3 rings (SSSR count). The fraction of sp³-hybridized carbons (Fsp3) is 0.0952. The number of ether oxygens (including phenoxy) is 2. The molecule has 0 bridgehead atoms. The lowest BCUT2D eigenvalue weighted by Gasteiger charge is -2.10. The van der Waals surface area contributed by atoms with Gasteiger partial charge in [-0.2, -0.15) is 0 Å². The summed E-state index contributed by atoms with van der Waals surface area (Å²) in [5.74, 6) is 1.01. The van der Waals surface area contributed by atoms with Gasteiger partial charge in [-0.3, -0.25) is 14.9 Å². The van der Waals surface area contributed by atoms with Crippen molar-refractivity contribution in [2.75, 3.05) is 11.9 Å². The van der Waals surface area contributed by atoms with Gasteiger partial charge in [0.05, 0.1) is 17.6 Å². The molecular formula is C21H18N2O5. The number of nitro benzene ring substituents is 1. The minimum atomic E-state index is -0.562. The van der Waals surface area contributed by atoms with Gasteiger partial charge >= 0.3 is 0 Å². The van der Waals surface area contributed by atoms with Crippen molar-refractivity contribution in [2.24, 2.45) is 0 Å². The van der Waals surface area contributed by atoms with Crippen LogP contribution >= 0.6 is 0 Å². The van der Waals surface area contributed by atoms with Gasteiger partial charge in [-0.1, -0.05) is 24.3 Å². The quantitative estimate of drug-likeness (QED) is 0.459. The molecule has 0 aliphatic rings. The first-order valence-electron chi connectivity index (χ1n) is 8.62. The molecule has 3 aromatic carbocycles. The van der Waals surface area contributed by atoms with Gasteiger partial charge in [0.1, 0.15) is 22.9 Å². The molecule has 0 saturated carbocycles. The van der Waals surface area contributed by atoms with E-state index >= 15 is 0 Å². The van der Waals surface area contributed by atoms with Crippen LogP contribution in [0.5, 0.6) is 17.2 Å². The lowest BCUT2D eigenvalue weighted by molar-refractivity contribution is -0.384. The minimum absolute atomic E-state index is 0.0906. The highest BCUT2D eigenvalue weighted by Gasteiger charge is 2.18. The molecule has 1 N–H and O–H groups in total. The molecule has 0 aliphatic heterocycles. The third-order valence-electron chi connectivity index (χ3n) is 3.80. The van der Waals surface area contributed by atoms with Crippen molar-refractivity contribution in [1.82, 2.24) is 0 Å². The van der Waals surface area contributed by atoms with Crippen molar-refractivity contribution < 1.29 is 19.2 Å². The second kappa shape index (κ2) is 8.68. The zero-order valence-electron chi connectivity index (χ0n) is 15.1. The molecule has 0 aromatic heterocycles. The molecular weight excluding hydrogens is 360 g/mol. The molecule has 0 heterocycles. The summed E-state index contributed by atoms with van der Waals surface area (Å²) in [7, 11) is 0. The summed E-state index contributed by atoms with van der Waals surface area (Å²) in [5.41, 5.74) is 0.167. The number of hydrogen-bond acceptors (Lipinski definition) is 5. The van der Waals surface area contributed by atoms with Crippen LogP contribution in [0.2, 0.25) is 0 Å². The highest BCUT2D eigenvalue weighted by Crippen LogP contribution is 2.30. The van der Waals surface area contributed by atoms with Gasteiger partial charge in [0.15, 0.2) is 0 Å². The van der Waals surface area contributed by atoms with Crippen LogP contribution in [0.3, 0.4) is 0 Å². The Morgan fingerprint density at radius 2 is 1.71 bits per heavy atom. The largest absolute Gasteiger partial charge is 0.494 e. The highest BCUT2D eigenvalue weighted by atomic mass is 16.6. The van der Waals surface area contributed by atoms with E-state index in [2.05, 4.69) is 5.32 Å². The zero-order chi connectivity index (χ0) is 19.9. The molecule has 0 unspecified atom stereocenters. The van der Waals surface area contributed by atoms with Crippen LogP contribution in [0.25, 0.3) is 0 Å².